The highest BCUT2D eigenvalue weighted by Gasteiger charge is 2.25. The Hall–Kier alpha value is -1.04. The van der Waals surface area contributed by atoms with Crippen LogP contribution in [-0.4, -0.2) is 66.1 Å². The van der Waals surface area contributed by atoms with Crippen molar-refractivity contribution in [1.82, 2.24) is 9.80 Å². The van der Waals surface area contributed by atoms with Gasteiger partial charge >= 0.3 is 0 Å². The van der Waals surface area contributed by atoms with Gasteiger partial charge in [-0.05, 0) is 17.7 Å². The zero-order valence-electron chi connectivity index (χ0n) is 13.7. The van der Waals surface area contributed by atoms with E-state index in [1.807, 2.05) is 22.7 Å². The van der Waals surface area contributed by atoms with Gasteiger partial charge in [0.2, 0.25) is 5.91 Å². The van der Waals surface area contributed by atoms with Gasteiger partial charge in [0, 0.05) is 38.5 Å². The summed E-state index contributed by atoms with van der Waals surface area (Å²) in [5, 5.41) is 0. The summed E-state index contributed by atoms with van der Waals surface area (Å²) in [6.07, 6.45) is 1.67. The fraction of sp³-hybridized carbons (Fsp3) is 0.611. The van der Waals surface area contributed by atoms with Crippen LogP contribution >= 0.6 is 11.8 Å². The normalized spacial score (nSPS) is 23.5. The van der Waals surface area contributed by atoms with E-state index in [4.69, 9.17) is 4.74 Å². The third-order valence-electron chi connectivity index (χ3n) is 4.45. The van der Waals surface area contributed by atoms with E-state index in [1.165, 1.54) is 11.3 Å². The predicted octanol–water partition coefficient (Wildman–Crippen LogP) is 2.24. The maximum atomic E-state index is 12.5. The summed E-state index contributed by atoms with van der Waals surface area (Å²) < 4.78 is 5.84. The molecule has 23 heavy (non-hydrogen) atoms. The van der Waals surface area contributed by atoms with Crippen molar-refractivity contribution in [3.8, 4) is 0 Å². The average molecular weight is 334 g/mol. The Balaban J connectivity index is 1.49. The van der Waals surface area contributed by atoms with Crippen LogP contribution in [0.3, 0.4) is 0 Å². The van der Waals surface area contributed by atoms with E-state index in [9.17, 15) is 4.79 Å². The number of amides is 1. The molecule has 1 aromatic carbocycles. The predicted molar refractivity (Wildman–Crippen MR) is 94.6 cm³/mol. The zero-order chi connectivity index (χ0) is 15.9. The van der Waals surface area contributed by atoms with Gasteiger partial charge in [0.05, 0.1) is 19.1 Å². The summed E-state index contributed by atoms with van der Waals surface area (Å²) in [5.74, 6) is 2.51. The molecule has 0 radical (unpaired) electrons. The largest absolute Gasteiger partial charge is 0.375 e. The van der Waals surface area contributed by atoms with Crippen molar-refractivity contribution in [3.63, 3.8) is 0 Å². The van der Waals surface area contributed by atoms with Gasteiger partial charge in [-0.2, -0.15) is 11.8 Å². The van der Waals surface area contributed by atoms with Gasteiger partial charge in [0.15, 0.2) is 0 Å². The van der Waals surface area contributed by atoms with Crippen LogP contribution < -0.4 is 0 Å². The number of hydrogen-bond donors (Lipinski definition) is 0. The van der Waals surface area contributed by atoms with E-state index in [1.54, 1.807) is 0 Å². The molecule has 0 spiro atoms. The molecule has 0 aliphatic carbocycles. The van der Waals surface area contributed by atoms with Gasteiger partial charge in [-0.15, -0.1) is 0 Å². The van der Waals surface area contributed by atoms with E-state index in [-0.39, 0.29) is 12.0 Å². The molecular formula is C18H26N2O2S. The highest BCUT2D eigenvalue weighted by Crippen LogP contribution is 2.16. The molecule has 4 nitrogen and oxygen atoms in total. The SMILES string of the molecule is O=C(CC1CN(Cc2ccccc2)CCO1)N1CCCSCC1. The molecule has 2 fully saturated rings. The lowest BCUT2D eigenvalue weighted by Gasteiger charge is -2.33. The van der Waals surface area contributed by atoms with Gasteiger partial charge in [0.25, 0.3) is 0 Å². The Morgan fingerprint density at radius 1 is 1.17 bits per heavy atom. The van der Waals surface area contributed by atoms with Gasteiger partial charge in [0.1, 0.15) is 0 Å². The molecule has 2 aliphatic heterocycles. The molecular weight excluding hydrogens is 308 g/mol. The van der Waals surface area contributed by atoms with Crippen LogP contribution in [0.25, 0.3) is 0 Å². The van der Waals surface area contributed by atoms with Crippen molar-refractivity contribution in [1.29, 1.82) is 0 Å². The second-order valence-electron chi connectivity index (χ2n) is 6.26. The second-order valence-corrected chi connectivity index (χ2v) is 7.49. The van der Waals surface area contributed by atoms with Crippen LogP contribution in [-0.2, 0) is 16.1 Å². The zero-order valence-corrected chi connectivity index (χ0v) is 14.5. The van der Waals surface area contributed by atoms with Crippen molar-refractivity contribution >= 4 is 17.7 Å². The molecule has 0 bridgehead atoms. The summed E-state index contributed by atoms with van der Waals surface area (Å²) in [6, 6.07) is 10.5. The lowest BCUT2D eigenvalue weighted by Crippen LogP contribution is -2.45. The van der Waals surface area contributed by atoms with Gasteiger partial charge in [-0.25, -0.2) is 0 Å². The highest BCUT2D eigenvalue weighted by molar-refractivity contribution is 7.99. The van der Waals surface area contributed by atoms with Crippen LogP contribution in [0.4, 0.5) is 0 Å². The summed E-state index contributed by atoms with van der Waals surface area (Å²) in [5.41, 5.74) is 1.32. The number of hydrogen-bond acceptors (Lipinski definition) is 4. The van der Waals surface area contributed by atoms with Crippen LogP contribution in [0.15, 0.2) is 30.3 Å². The summed E-state index contributed by atoms with van der Waals surface area (Å²) in [6.45, 7) is 5.26. The van der Waals surface area contributed by atoms with Crippen molar-refractivity contribution < 1.29 is 9.53 Å². The molecule has 2 saturated heterocycles. The number of morpholine rings is 1. The Labute approximate surface area is 143 Å². The van der Waals surface area contributed by atoms with Crippen LogP contribution in [0.1, 0.15) is 18.4 Å². The Bertz CT molecular complexity index is 489. The number of ether oxygens (including phenoxy) is 1. The van der Waals surface area contributed by atoms with Gasteiger partial charge in [-0.3, -0.25) is 9.69 Å². The van der Waals surface area contributed by atoms with Crippen molar-refractivity contribution in [2.45, 2.75) is 25.5 Å². The third-order valence-corrected chi connectivity index (χ3v) is 5.50. The van der Waals surface area contributed by atoms with E-state index in [0.29, 0.717) is 6.42 Å². The summed E-state index contributed by atoms with van der Waals surface area (Å²) in [4.78, 5) is 16.9. The molecule has 0 N–H and O–H groups in total. The number of nitrogens with zero attached hydrogens (tertiary/aromatic N) is 2. The highest BCUT2D eigenvalue weighted by atomic mass is 32.2. The van der Waals surface area contributed by atoms with Crippen molar-refractivity contribution in [2.75, 3.05) is 44.3 Å². The minimum atomic E-state index is 0.0378. The second kappa shape index (κ2) is 8.71. The van der Waals surface area contributed by atoms with Gasteiger partial charge < -0.3 is 9.64 Å². The van der Waals surface area contributed by atoms with Gasteiger partial charge in [-0.1, -0.05) is 30.3 Å². The molecule has 1 aromatic rings. The van der Waals surface area contributed by atoms with Crippen LogP contribution in [0.5, 0.6) is 0 Å². The molecule has 2 heterocycles. The van der Waals surface area contributed by atoms with Crippen LogP contribution in [0, 0.1) is 0 Å². The van der Waals surface area contributed by atoms with E-state index >= 15 is 0 Å². The average Bonchev–Trinajstić information content (AvgIpc) is 2.85. The summed E-state index contributed by atoms with van der Waals surface area (Å²) >= 11 is 1.95. The maximum absolute atomic E-state index is 12.5. The lowest BCUT2D eigenvalue weighted by molar-refractivity contribution is -0.136. The molecule has 3 rings (SSSR count). The fourth-order valence-corrected chi connectivity index (χ4v) is 4.10. The molecule has 2 aliphatic rings. The third kappa shape index (κ3) is 5.23. The molecule has 0 saturated carbocycles. The summed E-state index contributed by atoms with van der Waals surface area (Å²) in [7, 11) is 0. The fourth-order valence-electron chi connectivity index (χ4n) is 3.21. The molecule has 1 unspecified atom stereocenters. The molecule has 1 atom stereocenters. The first-order valence-corrected chi connectivity index (χ1v) is 9.70. The van der Waals surface area contributed by atoms with Crippen LogP contribution in [0.2, 0.25) is 0 Å². The topological polar surface area (TPSA) is 32.8 Å². The monoisotopic (exact) mass is 334 g/mol. The number of rotatable bonds is 4. The number of benzene rings is 1. The molecule has 1 amide bonds. The maximum Gasteiger partial charge on any atom is 0.225 e. The van der Waals surface area contributed by atoms with Crippen molar-refractivity contribution in [3.05, 3.63) is 35.9 Å². The van der Waals surface area contributed by atoms with E-state index in [0.717, 1.165) is 51.5 Å². The number of thioether (sulfide) groups is 1. The smallest absolute Gasteiger partial charge is 0.225 e. The minimum absolute atomic E-state index is 0.0378. The molecule has 0 aromatic heterocycles. The first-order valence-electron chi connectivity index (χ1n) is 8.54. The molecule has 126 valence electrons. The molecule has 5 heteroatoms. The first-order chi connectivity index (χ1) is 11.3. The number of carbonyl (C=O) groups is 1. The lowest BCUT2D eigenvalue weighted by atomic mass is 10.1. The number of carbonyl (C=O) groups excluding carboxylic acids is 1. The van der Waals surface area contributed by atoms with E-state index in [2.05, 4.69) is 29.2 Å². The standard InChI is InChI=1S/C18H26N2O2S/c21-18(20-7-4-11-23-12-9-20)13-17-15-19(8-10-22-17)14-16-5-2-1-3-6-16/h1-3,5-6,17H,4,7-15H2. The Kier molecular flexibility index (Phi) is 6.37. The minimum Gasteiger partial charge on any atom is -0.375 e. The quantitative estimate of drug-likeness (QED) is 0.845. The van der Waals surface area contributed by atoms with Crippen molar-refractivity contribution in [2.24, 2.45) is 0 Å². The Morgan fingerprint density at radius 3 is 2.91 bits per heavy atom. The Morgan fingerprint density at radius 2 is 2.04 bits per heavy atom. The van der Waals surface area contributed by atoms with E-state index < -0.39 is 0 Å². The first kappa shape index (κ1) is 16.8.